The number of aryl methyl sites for hydroxylation is 1. The molecule has 2 aliphatic rings. The van der Waals surface area contributed by atoms with E-state index in [1.165, 1.54) is 0 Å². The zero-order valence-electron chi connectivity index (χ0n) is 15.9. The summed E-state index contributed by atoms with van der Waals surface area (Å²) in [6.45, 7) is 2.77. The van der Waals surface area contributed by atoms with Gasteiger partial charge in [-0.3, -0.25) is 9.78 Å². The highest BCUT2D eigenvalue weighted by molar-refractivity contribution is 5.87. The molecular weight excluding hydrogens is 354 g/mol. The minimum Gasteiger partial charge on any atom is -0.356 e. The molecule has 0 atom stereocenters. The maximum atomic E-state index is 12.3. The summed E-state index contributed by atoms with van der Waals surface area (Å²) in [6.07, 6.45) is 9.68. The molecule has 0 unspecified atom stereocenters. The highest BCUT2D eigenvalue weighted by atomic mass is 16.1. The van der Waals surface area contributed by atoms with Crippen LogP contribution in [-0.4, -0.2) is 44.6 Å². The Labute approximate surface area is 162 Å². The first-order valence-corrected chi connectivity index (χ1v) is 10.2. The summed E-state index contributed by atoms with van der Waals surface area (Å²) in [5.41, 5.74) is 2.77. The molecule has 8 nitrogen and oxygen atoms in total. The van der Waals surface area contributed by atoms with Gasteiger partial charge in [0, 0.05) is 31.4 Å². The number of aromatic nitrogens is 5. The van der Waals surface area contributed by atoms with Gasteiger partial charge in [-0.25, -0.2) is 15.0 Å². The second-order valence-corrected chi connectivity index (χ2v) is 7.80. The number of anilines is 2. The van der Waals surface area contributed by atoms with Gasteiger partial charge in [-0.2, -0.15) is 0 Å². The van der Waals surface area contributed by atoms with E-state index in [9.17, 15) is 4.79 Å². The summed E-state index contributed by atoms with van der Waals surface area (Å²) in [7, 11) is 0. The zero-order valence-corrected chi connectivity index (χ0v) is 15.9. The molecule has 1 aliphatic heterocycles. The smallest absolute Gasteiger partial charge is 0.255 e. The van der Waals surface area contributed by atoms with E-state index in [2.05, 4.69) is 35.1 Å². The molecule has 0 saturated carbocycles. The summed E-state index contributed by atoms with van der Waals surface area (Å²) >= 11 is 0. The molecule has 0 radical (unpaired) electrons. The van der Waals surface area contributed by atoms with Gasteiger partial charge in [0.2, 0.25) is 5.95 Å². The predicted octanol–water partition coefficient (Wildman–Crippen LogP) is 2.25. The van der Waals surface area contributed by atoms with Gasteiger partial charge in [-0.15, -0.1) is 0 Å². The molecule has 8 heteroatoms. The summed E-state index contributed by atoms with van der Waals surface area (Å²) in [5, 5.41) is 4.45. The number of nitrogens with one attached hydrogen (secondary N) is 3. The lowest BCUT2D eigenvalue weighted by molar-refractivity contribution is 0.421. The van der Waals surface area contributed by atoms with E-state index in [0.29, 0.717) is 11.9 Å². The van der Waals surface area contributed by atoms with Gasteiger partial charge in [0.1, 0.15) is 17.8 Å². The maximum Gasteiger partial charge on any atom is 0.255 e. The van der Waals surface area contributed by atoms with Gasteiger partial charge < -0.3 is 15.2 Å². The van der Waals surface area contributed by atoms with Crippen molar-refractivity contribution in [2.75, 3.05) is 29.9 Å². The van der Waals surface area contributed by atoms with Gasteiger partial charge in [0.25, 0.3) is 5.56 Å². The van der Waals surface area contributed by atoms with E-state index in [4.69, 9.17) is 0 Å². The van der Waals surface area contributed by atoms with Gasteiger partial charge >= 0.3 is 0 Å². The van der Waals surface area contributed by atoms with Crippen molar-refractivity contribution in [3.63, 3.8) is 0 Å². The van der Waals surface area contributed by atoms with Crippen molar-refractivity contribution < 1.29 is 0 Å². The lowest BCUT2D eigenvalue weighted by atomic mass is 9.96. The van der Waals surface area contributed by atoms with Crippen LogP contribution in [0, 0.1) is 5.92 Å². The number of piperidine rings is 1. The Morgan fingerprint density at radius 3 is 2.93 bits per heavy atom. The van der Waals surface area contributed by atoms with Crippen molar-refractivity contribution in [1.29, 1.82) is 0 Å². The van der Waals surface area contributed by atoms with Crippen LogP contribution in [0.5, 0.6) is 0 Å². The molecule has 0 amide bonds. The molecule has 0 spiro atoms. The average Bonchev–Trinajstić information content (AvgIpc) is 3.22. The Kier molecular flexibility index (Phi) is 4.46. The highest BCUT2D eigenvalue weighted by Crippen LogP contribution is 2.27. The lowest BCUT2D eigenvalue weighted by Gasteiger charge is -2.33. The van der Waals surface area contributed by atoms with E-state index in [0.717, 1.165) is 86.3 Å². The van der Waals surface area contributed by atoms with Crippen molar-refractivity contribution in [3.05, 3.63) is 40.2 Å². The molecule has 3 N–H and O–H groups in total. The number of nitrogens with zero attached hydrogens (tertiary/aromatic N) is 4. The molecule has 146 valence electrons. The van der Waals surface area contributed by atoms with Crippen LogP contribution < -0.4 is 15.8 Å². The summed E-state index contributed by atoms with van der Waals surface area (Å²) in [4.78, 5) is 34.1. The first-order valence-electron chi connectivity index (χ1n) is 10.2. The fraction of sp³-hybridized carbons (Fsp3) is 0.500. The van der Waals surface area contributed by atoms with Crippen LogP contribution >= 0.6 is 0 Å². The number of rotatable bonds is 4. The molecule has 1 aliphatic carbocycles. The Hall–Kier alpha value is -2.90. The van der Waals surface area contributed by atoms with Gasteiger partial charge in [-0.1, -0.05) is 0 Å². The Morgan fingerprint density at radius 1 is 1.18 bits per heavy atom. The molecule has 0 aromatic carbocycles. The Morgan fingerprint density at radius 2 is 2.04 bits per heavy atom. The van der Waals surface area contributed by atoms with E-state index >= 15 is 0 Å². The summed E-state index contributed by atoms with van der Waals surface area (Å²) in [6, 6.07) is 2.04. The minimum atomic E-state index is 0.0290. The third kappa shape index (κ3) is 3.23. The minimum absolute atomic E-state index is 0.0290. The van der Waals surface area contributed by atoms with Crippen LogP contribution in [0.1, 0.15) is 36.9 Å². The third-order valence-electron chi connectivity index (χ3n) is 6.00. The van der Waals surface area contributed by atoms with Crippen molar-refractivity contribution in [2.45, 2.75) is 38.5 Å². The van der Waals surface area contributed by atoms with Crippen LogP contribution in [-0.2, 0) is 12.8 Å². The molecule has 4 heterocycles. The molecular formula is C20H25N7O. The monoisotopic (exact) mass is 379 g/mol. The fourth-order valence-corrected chi connectivity index (χ4v) is 4.39. The lowest BCUT2D eigenvalue weighted by Crippen LogP contribution is -2.36. The average molecular weight is 379 g/mol. The van der Waals surface area contributed by atoms with Crippen molar-refractivity contribution >= 4 is 22.8 Å². The topological polar surface area (TPSA) is 103 Å². The molecule has 1 saturated heterocycles. The standard InChI is InChI=1S/C20H25N7O/c28-19-14-3-1-2-4-16(14)25-20(26-19)22-11-13-6-9-27(10-7-13)18-15-5-8-21-17(15)23-12-24-18/h5,8,12-13H,1-4,6-7,9-11H2,(H,21,23,24)(H2,22,25,26,28). The van der Waals surface area contributed by atoms with Crippen molar-refractivity contribution in [1.82, 2.24) is 24.9 Å². The molecule has 1 fully saturated rings. The largest absolute Gasteiger partial charge is 0.356 e. The van der Waals surface area contributed by atoms with Crippen LogP contribution in [0.3, 0.4) is 0 Å². The molecule has 5 rings (SSSR count). The number of hydrogen-bond acceptors (Lipinski definition) is 6. The number of fused-ring (bicyclic) bond motifs is 2. The van der Waals surface area contributed by atoms with Gasteiger partial charge in [0.05, 0.1) is 11.1 Å². The third-order valence-corrected chi connectivity index (χ3v) is 6.00. The molecule has 3 aromatic heterocycles. The van der Waals surface area contributed by atoms with E-state index in [1.54, 1.807) is 6.33 Å². The Bertz CT molecular complexity index is 1030. The van der Waals surface area contributed by atoms with Crippen LogP contribution in [0.25, 0.3) is 11.0 Å². The van der Waals surface area contributed by atoms with E-state index in [-0.39, 0.29) is 5.56 Å². The first kappa shape index (κ1) is 17.2. The van der Waals surface area contributed by atoms with Crippen LogP contribution in [0.15, 0.2) is 23.4 Å². The number of H-pyrrole nitrogens is 2. The number of hydrogen-bond donors (Lipinski definition) is 3. The maximum absolute atomic E-state index is 12.3. The quantitative estimate of drug-likeness (QED) is 0.642. The second-order valence-electron chi connectivity index (χ2n) is 7.80. The normalized spacial score (nSPS) is 17.6. The number of aromatic amines is 2. The fourth-order valence-electron chi connectivity index (χ4n) is 4.39. The zero-order chi connectivity index (χ0) is 18.9. The van der Waals surface area contributed by atoms with Gasteiger partial charge in [-0.05, 0) is 50.5 Å². The summed E-state index contributed by atoms with van der Waals surface area (Å²) in [5.74, 6) is 2.19. The van der Waals surface area contributed by atoms with E-state index < -0.39 is 0 Å². The Balaban J connectivity index is 1.21. The predicted molar refractivity (Wildman–Crippen MR) is 109 cm³/mol. The van der Waals surface area contributed by atoms with Crippen LogP contribution in [0.4, 0.5) is 11.8 Å². The SMILES string of the molecule is O=c1[nH]c(NCC2CCN(c3ncnc4[nH]ccc34)CC2)nc2c1CCCC2. The molecule has 0 bridgehead atoms. The van der Waals surface area contributed by atoms with Gasteiger partial charge in [0.15, 0.2) is 0 Å². The molecule has 3 aromatic rings. The van der Waals surface area contributed by atoms with E-state index in [1.807, 2.05) is 12.3 Å². The van der Waals surface area contributed by atoms with Crippen LogP contribution in [0.2, 0.25) is 0 Å². The first-order chi connectivity index (χ1) is 13.8. The highest BCUT2D eigenvalue weighted by Gasteiger charge is 2.22. The van der Waals surface area contributed by atoms with Crippen molar-refractivity contribution in [3.8, 4) is 0 Å². The summed E-state index contributed by atoms with van der Waals surface area (Å²) < 4.78 is 0. The van der Waals surface area contributed by atoms with Crippen molar-refractivity contribution in [2.24, 2.45) is 5.92 Å². The molecule has 28 heavy (non-hydrogen) atoms. The second kappa shape index (κ2) is 7.26.